The Labute approximate surface area is 119 Å². The zero-order valence-electron chi connectivity index (χ0n) is 11.2. The van der Waals surface area contributed by atoms with Crippen molar-refractivity contribution in [1.29, 1.82) is 5.26 Å². The van der Waals surface area contributed by atoms with Gasteiger partial charge in [0.1, 0.15) is 0 Å². The van der Waals surface area contributed by atoms with E-state index in [-0.39, 0.29) is 23.3 Å². The molecule has 0 aliphatic heterocycles. The molecule has 1 saturated carbocycles. The molecular weight excluding hydrogens is 276 g/mol. The molecule has 6 heteroatoms. The normalized spacial score (nSPS) is 16.1. The molecule has 1 aromatic rings. The van der Waals surface area contributed by atoms with E-state index in [0.717, 1.165) is 12.8 Å². The SMILES string of the molecule is N#Cc1ccc(S(=O)(=O)CCNOC2CCCC2)cc1. The number of hydrogen-bond acceptors (Lipinski definition) is 5. The second-order valence-corrected chi connectivity index (χ2v) is 6.98. The number of rotatable bonds is 6. The number of nitrogens with one attached hydrogen (secondary N) is 1. The van der Waals surface area contributed by atoms with Gasteiger partial charge < -0.3 is 0 Å². The van der Waals surface area contributed by atoms with Gasteiger partial charge >= 0.3 is 0 Å². The van der Waals surface area contributed by atoms with E-state index in [1.54, 1.807) is 0 Å². The van der Waals surface area contributed by atoms with E-state index in [0.29, 0.717) is 5.56 Å². The van der Waals surface area contributed by atoms with Crippen LogP contribution in [0.25, 0.3) is 0 Å². The monoisotopic (exact) mass is 294 g/mol. The van der Waals surface area contributed by atoms with Crippen molar-refractivity contribution in [3.8, 4) is 6.07 Å². The van der Waals surface area contributed by atoms with Gasteiger partial charge in [0.15, 0.2) is 9.84 Å². The molecule has 1 fully saturated rings. The maximum atomic E-state index is 12.0. The minimum atomic E-state index is -3.33. The summed E-state index contributed by atoms with van der Waals surface area (Å²) in [4.78, 5) is 5.65. The first-order valence-electron chi connectivity index (χ1n) is 6.73. The van der Waals surface area contributed by atoms with Gasteiger partial charge in [-0.1, -0.05) is 12.8 Å². The van der Waals surface area contributed by atoms with Crippen molar-refractivity contribution in [1.82, 2.24) is 5.48 Å². The molecule has 0 heterocycles. The second-order valence-electron chi connectivity index (χ2n) is 4.87. The fraction of sp³-hybridized carbons (Fsp3) is 0.500. The van der Waals surface area contributed by atoms with E-state index in [2.05, 4.69) is 5.48 Å². The predicted molar refractivity (Wildman–Crippen MR) is 74.6 cm³/mol. The largest absolute Gasteiger partial charge is 0.298 e. The molecule has 1 aliphatic carbocycles. The van der Waals surface area contributed by atoms with Gasteiger partial charge in [0.05, 0.1) is 28.4 Å². The van der Waals surface area contributed by atoms with E-state index in [9.17, 15) is 8.42 Å². The first-order valence-corrected chi connectivity index (χ1v) is 8.38. The van der Waals surface area contributed by atoms with E-state index >= 15 is 0 Å². The van der Waals surface area contributed by atoms with E-state index in [1.807, 2.05) is 6.07 Å². The molecule has 0 saturated heterocycles. The van der Waals surface area contributed by atoms with Gasteiger partial charge in [0.25, 0.3) is 0 Å². The Kier molecular flexibility index (Phi) is 5.12. The fourth-order valence-electron chi connectivity index (χ4n) is 2.21. The van der Waals surface area contributed by atoms with Crippen LogP contribution in [0.15, 0.2) is 29.2 Å². The van der Waals surface area contributed by atoms with Crippen LogP contribution in [0.3, 0.4) is 0 Å². The van der Waals surface area contributed by atoms with Crippen molar-refractivity contribution >= 4 is 9.84 Å². The molecule has 108 valence electrons. The number of hydroxylamine groups is 1. The van der Waals surface area contributed by atoms with Crippen LogP contribution in [0.1, 0.15) is 31.2 Å². The summed E-state index contributed by atoms with van der Waals surface area (Å²) in [6, 6.07) is 7.91. The lowest BCUT2D eigenvalue weighted by Crippen LogP contribution is -2.27. The van der Waals surface area contributed by atoms with Crippen molar-refractivity contribution in [2.45, 2.75) is 36.7 Å². The highest BCUT2D eigenvalue weighted by atomic mass is 32.2. The zero-order chi connectivity index (χ0) is 14.4. The molecule has 0 radical (unpaired) electrons. The third-order valence-corrected chi connectivity index (χ3v) is 5.10. The minimum absolute atomic E-state index is 0.0222. The van der Waals surface area contributed by atoms with Crippen LogP contribution in [0, 0.1) is 11.3 Å². The van der Waals surface area contributed by atoms with Crippen molar-refractivity contribution in [3.05, 3.63) is 29.8 Å². The van der Waals surface area contributed by atoms with Gasteiger partial charge in [-0.15, -0.1) is 0 Å². The average Bonchev–Trinajstić information content (AvgIpc) is 2.97. The number of hydrogen-bond donors (Lipinski definition) is 1. The van der Waals surface area contributed by atoms with Crippen LogP contribution >= 0.6 is 0 Å². The maximum absolute atomic E-state index is 12.0. The molecule has 5 nitrogen and oxygen atoms in total. The zero-order valence-corrected chi connectivity index (χ0v) is 12.0. The summed E-state index contributed by atoms with van der Waals surface area (Å²) in [5.74, 6) is -0.0222. The number of sulfone groups is 1. The number of benzene rings is 1. The quantitative estimate of drug-likeness (QED) is 0.639. The van der Waals surface area contributed by atoms with Crippen LogP contribution in [-0.2, 0) is 14.7 Å². The van der Waals surface area contributed by atoms with Gasteiger partial charge in [0.2, 0.25) is 0 Å². The average molecular weight is 294 g/mol. The highest BCUT2D eigenvalue weighted by Crippen LogP contribution is 2.19. The van der Waals surface area contributed by atoms with E-state index in [1.165, 1.54) is 37.1 Å². The molecule has 20 heavy (non-hydrogen) atoms. The van der Waals surface area contributed by atoms with Crippen molar-refractivity contribution < 1.29 is 13.3 Å². The highest BCUT2D eigenvalue weighted by molar-refractivity contribution is 7.91. The standard InChI is InChI=1S/C14H18N2O3S/c15-11-12-5-7-14(8-6-12)20(17,18)10-9-16-19-13-3-1-2-4-13/h5-8,13,16H,1-4,9-10H2. The molecule has 1 aliphatic rings. The first-order chi connectivity index (χ1) is 9.62. The van der Waals surface area contributed by atoms with Crippen molar-refractivity contribution in [2.24, 2.45) is 0 Å². The van der Waals surface area contributed by atoms with Crippen LogP contribution < -0.4 is 5.48 Å². The molecule has 0 amide bonds. The predicted octanol–water partition coefficient (Wildman–Crippen LogP) is 1.80. The third kappa shape index (κ3) is 4.04. The molecule has 0 atom stereocenters. The number of nitrogens with zero attached hydrogens (tertiary/aromatic N) is 1. The Morgan fingerprint density at radius 3 is 2.50 bits per heavy atom. The summed E-state index contributed by atoms with van der Waals surface area (Å²) in [6.07, 6.45) is 4.64. The Morgan fingerprint density at radius 2 is 1.90 bits per heavy atom. The lowest BCUT2D eigenvalue weighted by molar-refractivity contribution is -0.0175. The van der Waals surface area contributed by atoms with Gasteiger partial charge in [0, 0.05) is 6.54 Å². The van der Waals surface area contributed by atoms with E-state index < -0.39 is 9.84 Å². The maximum Gasteiger partial charge on any atom is 0.179 e. The van der Waals surface area contributed by atoms with E-state index in [4.69, 9.17) is 10.1 Å². The van der Waals surface area contributed by atoms with Crippen LogP contribution in [-0.4, -0.2) is 26.8 Å². The Bertz CT molecular complexity index is 569. The Morgan fingerprint density at radius 1 is 1.25 bits per heavy atom. The van der Waals surface area contributed by atoms with Crippen LogP contribution in [0.4, 0.5) is 0 Å². The Hall–Kier alpha value is -1.42. The van der Waals surface area contributed by atoms with Gasteiger partial charge in [-0.05, 0) is 37.1 Å². The smallest absolute Gasteiger partial charge is 0.179 e. The molecule has 0 bridgehead atoms. The van der Waals surface area contributed by atoms with Gasteiger partial charge in [-0.3, -0.25) is 4.84 Å². The summed E-state index contributed by atoms with van der Waals surface area (Å²) < 4.78 is 24.1. The molecule has 1 N–H and O–H groups in total. The minimum Gasteiger partial charge on any atom is -0.298 e. The van der Waals surface area contributed by atoms with Crippen molar-refractivity contribution in [2.75, 3.05) is 12.3 Å². The summed E-state index contributed by atoms with van der Waals surface area (Å²) in [5.41, 5.74) is 3.19. The molecule has 1 aromatic carbocycles. The molecule has 0 spiro atoms. The Balaban J connectivity index is 1.82. The molecule has 0 aromatic heterocycles. The summed E-state index contributed by atoms with van der Waals surface area (Å²) >= 11 is 0. The third-order valence-electron chi connectivity index (χ3n) is 3.37. The van der Waals surface area contributed by atoms with Crippen LogP contribution in [0.2, 0.25) is 0 Å². The first kappa shape index (κ1) is 15.0. The number of nitriles is 1. The van der Waals surface area contributed by atoms with Crippen LogP contribution in [0.5, 0.6) is 0 Å². The molecule has 0 unspecified atom stereocenters. The topological polar surface area (TPSA) is 79.2 Å². The fourth-order valence-corrected chi connectivity index (χ4v) is 3.35. The summed E-state index contributed by atoms with van der Waals surface area (Å²) in [5, 5.41) is 8.68. The highest BCUT2D eigenvalue weighted by Gasteiger charge is 2.17. The lowest BCUT2D eigenvalue weighted by Gasteiger charge is -2.11. The van der Waals surface area contributed by atoms with Gasteiger partial charge in [-0.25, -0.2) is 13.9 Å². The lowest BCUT2D eigenvalue weighted by atomic mass is 10.2. The van der Waals surface area contributed by atoms with Gasteiger partial charge in [-0.2, -0.15) is 5.26 Å². The second kappa shape index (κ2) is 6.84. The summed E-state index contributed by atoms with van der Waals surface area (Å²) in [7, 11) is -3.33. The molecular formula is C14H18N2O3S. The molecule has 2 rings (SSSR count). The summed E-state index contributed by atoms with van der Waals surface area (Å²) in [6.45, 7) is 0.263. The van der Waals surface area contributed by atoms with Crippen molar-refractivity contribution in [3.63, 3.8) is 0 Å².